The lowest BCUT2D eigenvalue weighted by molar-refractivity contribution is -0.133. The van der Waals surface area contributed by atoms with Crippen molar-refractivity contribution in [2.45, 2.75) is 12.2 Å². The molecule has 0 saturated heterocycles. The molecule has 6 nitrogen and oxygen atoms in total. The number of sulfonamides is 1. The Morgan fingerprint density at radius 2 is 1.86 bits per heavy atom. The average Bonchev–Trinajstić information content (AvgIpc) is 2.43. The fourth-order valence-corrected chi connectivity index (χ4v) is 3.07. The van der Waals surface area contributed by atoms with Gasteiger partial charge >= 0.3 is 0 Å². The van der Waals surface area contributed by atoms with Gasteiger partial charge in [-0.2, -0.15) is 0 Å². The molecule has 1 aliphatic heterocycles. The highest BCUT2D eigenvalue weighted by molar-refractivity contribution is 7.88. The van der Waals surface area contributed by atoms with Crippen LogP contribution in [0.1, 0.15) is 12.0 Å². The van der Waals surface area contributed by atoms with Gasteiger partial charge in [0.15, 0.2) is 5.78 Å². The summed E-state index contributed by atoms with van der Waals surface area (Å²) in [7, 11) is -3.58. The first-order valence-corrected chi connectivity index (χ1v) is 8.23. The highest BCUT2D eigenvalue weighted by Gasteiger charge is 2.19. The summed E-state index contributed by atoms with van der Waals surface area (Å²) in [6.07, 6.45) is 2.44. The molecule has 0 spiro atoms. The first kappa shape index (κ1) is 16.3. The van der Waals surface area contributed by atoms with Crippen LogP contribution in [0, 0.1) is 5.82 Å². The molecular formula is C14H15FN2O4S. The molecule has 1 aliphatic rings. The van der Waals surface area contributed by atoms with Gasteiger partial charge in [0.1, 0.15) is 5.82 Å². The van der Waals surface area contributed by atoms with E-state index in [0.717, 1.165) is 0 Å². The van der Waals surface area contributed by atoms with Crippen LogP contribution in [0.4, 0.5) is 4.39 Å². The van der Waals surface area contributed by atoms with E-state index in [1.165, 1.54) is 41.4 Å². The van der Waals surface area contributed by atoms with E-state index in [4.69, 9.17) is 0 Å². The predicted molar refractivity (Wildman–Crippen MR) is 77.5 cm³/mol. The molecule has 0 radical (unpaired) electrons. The second-order valence-electron chi connectivity index (χ2n) is 4.83. The number of benzene rings is 1. The van der Waals surface area contributed by atoms with Crippen molar-refractivity contribution in [2.75, 3.05) is 13.1 Å². The minimum absolute atomic E-state index is 0.0355. The number of allylic oxidation sites excluding steroid dienone is 1. The number of rotatable bonds is 6. The van der Waals surface area contributed by atoms with Crippen LogP contribution >= 0.6 is 0 Å². The Labute approximate surface area is 127 Å². The number of nitrogens with zero attached hydrogens (tertiary/aromatic N) is 1. The summed E-state index contributed by atoms with van der Waals surface area (Å²) < 4.78 is 38.9. The van der Waals surface area contributed by atoms with Crippen molar-refractivity contribution in [3.63, 3.8) is 0 Å². The second kappa shape index (κ2) is 6.80. The number of carbonyl (C=O) groups is 2. The molecule has 0 unspecified atom stereocenters. The van der Waals surface area contributed by atoms with Gasteiger partial charge in [0.25, 0.3) is 0 Å². The summed E-state index contributed by atoms with van der Waals surface area (Å²) >= 11 is 0. The summed E-state index contributed by atoms with van der Waals surface area (Å²) in [6, 6.07) is 5.19. The van der Waals surface area contributed by atoms with Crippen molar-refractivity contribution in [2.24, 2.45) is 0 Å². The molecule has 2 rings (SSSR count). The number of halogens is 1. The van der Waals surface area contributed by atoms with Crippen LogP contribution in [0.25, 0.3) is 0 Å². The summed E-state index contributed by atoms with van der Waals surface area (Å²) in [4.78, 5) is 23.8. The van der Waals surface area contributed by atoms with E-state index < -0.39 is 15.8 Å². The fourth-order valence-electron chi connectivity index (χ4n) is 1.94. The Balaban J connectivity index is 1.85. The number of carbonyl (C=O) groups excluding carboxylic acids is 2. The predicted octanol–water partition coefficient (Wildman–Crippen LogP) is 0.560. The molecule has 1 aromatic carbocycles. The zero-order chi connectivity index (χ0) is 16.2. The minimum Gasteiger partial charge on any atom is -0.317 e. The molecule has 118 valence electrons. The maximum atomic E-state index is 12.8. The molecule has 1 heterocycles. The van der Waals surface area contributed by atoms with Crippen LogP contribution in [0.15, 0.2) is 36.5 Å². The largest absolute Gasteiger partial charge is 0.317 e. The topological polar surface area (TPSA) is 83.6 Å². The smallest absolute Gasteiger partial charge is 0.234 e. The summed E-state index contributed by atoms with van der Waals surface area (Å²) in [5.74, 6) is -1.32. The lowest BCUT2D eigenvalue weighted by Crippen LogP contribution is -2.38. The maximum Gasteiger partial charge on any atom is 0.234 e. The summed E-state index contributed by atoms with van der Waals surface area (Å²) in [5.41, 5.74) is 0.466. The maximum absolute atomic E-state index is 12.8. The van der Waals surface area contributed by atoms with Crippen molar-refractivity contribution in [3.8, 4) is 0 Å². The first-order valence-electron chi connectivity index (χ1n) is 6.58. The van der Waals surface area contributed by atoms with E-state index in [9.17, 15) is 22.4 Å². The average molecular weight is 326 g/mol. The van der Waals surface area contributed by atoms with Crippen LogP contribution < -0.4 is 4.72 Å². The molecule has 22 heavy (non-hydrogen) atoms. The summed E-state index contributed by atoms with van der Waals surface area (Å²) in [5, 5.41) is 0. The Morgan fingerprint density at radius 1 is 1.18 bits per heavy atom. The lowest BCUT2D eigenvalue weighted by atomic mass is 10.2. The third-order valence-electron chi connectivity index (χ3n) is 3.03. The minimum atomic E-state index is -3.58. The van der Waals surface area contributed by atoms with Crippen LogP contribution in [-0.4, -0.2) is 38.1 Å². The van der Waals surface area contributed by atoms with Crippen molar-refractivity contribution in [1.82, 2.24) is 9.62 Å². The molecule has 0 aliphatic carbocycles. The van der Waals surface area contributed by atoms with Gasteiger partial charge < -0.3 is 4.90 Å². The SMILES string of the molecule is O=C1C=CN(CCNS(=O)(=O)Cc2ccc(F)cc2)C(=O)C1. The van der Waals surface area contributed by atoms with Crippen LogP contribution in [0.5, 0.6) is 0 Å². The quantitative estimate of drug-likeness (QED) is 0.774. The first-order chi connectivity index (χ1) is 10.4. The Kier molecular flexibility index (Phi) is 5.04. The molecule has 1 amide bonds. The molecule has 0 fully saturated rings. The number of ketones is 1. The van der Waals surface area contributed by atoms with Crippen LogP contribution in [0.2, 0.25) is 0 Å². The third kappa shape index (κ3) is 4.74. The van der Waals surface area contributed by atoms with E-state index in [0.29, 0.717) is 5.56 Å². The van der Waals surface area contributed by atoms with Gasteiger partial charge in [-0.1, -0.05) is 12.1 Å². The Bertz CT molecular complexity index is 698. The van der Waals surface area contributed by atoms with E-state index in [-0.39, 0.29) is 37.0 Å². The van der Waals surface area contributed by atoms with Gasteiger partial charge in [-0.3, -0.25) is 9.59 Å². The Morgan fingerprint density at radius 3 is 2.50 bits per heavy atom. The van der Waals surface area contributed by atoms with Crippen molar-refractivity contribution >= 4 is 21.7 Å². The second-order valence-corrected chi connectivity index (χ2v) is 6.63. The van der Waals surface area contributed by atoms with Gasteiger partial charge in [-0.25, -0.2) is 17.5 Å². The molecule has 0 aromatic heterocycles. The highest BCUT2D eigenvalue weighted by atomic mass is 32.2. The van der Waals surface area contributed by atoms with E-state index in [1.54, 1.807) is 0 Å². The number of nitrogens with one attached hydrogen (secondary N) is 1. The lowest BCUT2D eigenvalue weighted by Gasteiger charge is -2.20. The van der Waals surface area contributed by atoms with Gasteiger partial charge in [0.05, 0.1) is 12.2 Å². The molecule has 1 aromatic rings. The third-order valence-corrected chi connectivity index (χ3v) is 4.39. The van der Waals surface area contributed by atoms with Crippen LogP contribution in [-0.2, 0) is 25.4 Å². The number of hydrogen-bond donors (Lipinski definition) is 1. The van der Waals surface area contributed by atoms with Crippen molar-refractivity contribution in [1.29, 1.82) is 0 Å². The number of amides is 1. The van der Waals surface area contributed by atoms with E-state index in [2.05, 4.69) is 4.72 Å². The highest BCUT2D eigenvalue weighted by Crippen LogP contribution is 2.07. The van der Waals surface area contributed by atoms with E-state index >= 15 is 0 Å². The molecular weight excluding hydrogens is 311 g/mol. The van der Waals surface area contributed by atoms with Gasteiger partial charge in [0, 0.05) is 19.3 Å². The van der Waals surface area contributed by atoms with Crippen molar-refractivity contribution < 1.29 is 22.4 Å². The van der Waals surface area contributed by atoms with Gasteiger partial charge in [0.2, 0.25) is 15.9 Å². The molecule has 0 bridgehead atoms. The monoisotopic (exact) mass is 326 g/mol. The molecule has 0 saturated carbocycles. The zero-order valence-electron chi connectivity index (χ0n) is 11.7. The Hall–Kier alpha value is -2.06. The standard InChI is InChI=1S/C14H15FN2O4S/c15-12-3-1-11(2-4-12)10-22(20,21)16-6-8-17-7-5-13(18)9-14(17)19/h1-5,7,16H,6,8-10H2. The number of hydrogen-bond acceptors (Lipinski definition) is 4. The summed E-state index contributed by atoms with van der Waals surface area (Å²) in [6.45, 7) is 0.180. The van der Waals surface area contributed by atoms with Crippen LogP contribution in [0.3, 0.4) is 0 Å². The fraction of sp³-hybridized carbons (Fsp3) is 0.286. The molecule has 8 heteroatoms. The van der Waals surface area contributed by atoms with E-state index in [1.807, 2.05) is 0 Å². The zero-order valence-corrected chi connectivity index (χ0v) is 12.5. The molecule has 1 N–H and O–H groups in total. The van der Waals surface area contributed by atoms with Gasteiger partial charge in [-0.15, -0.1) is 0 Å². The van der Waals surface area contributed by atoms with Gasteiger partial charge in [-0.05, 0) is 23.8 Å². The molecule has 0 atom stereocenters. The van der Waals surface area contributed by atoms with Crippen molar-refractivity contribution in [3.05, 3.63) is 47.9 Å². The normalized spacial score (nSPS) is 15.4.